The van der Waals surface area contributed by atoms with Crippen LogP contribution in [0.4, 0.5) is 0 Å². The van der Waals surface area contributed by atoms with E-state index in [1.165, 1.54) is 0 Å². The summed E-state index contributed by atoms with van der Waals surface area (Å²) in [5, 5.41) is 3.02. The van der Waals surface area contributed by atoms with E-state index in [1.807, 2.05) is 38.1 Å². The Morgan fingerprint density at radius 3 is 2.65 bits per heavy atom. The van der Waals surface area contributed by atoms with Gasteiger partial charge < -0.3 is 10.1 Å². The number of amides is 1. The van der Waals surface area contributed by atoms with Crippen molar-refractivity contribution in [1.82, 2.24) is 5.32 Å². The molecule has 0 aliphatic carbocycles. The summed E-state index contributed by atoms with van der Waals surface area (Å²) in [7, 11) is -1.31. The summed E-state index contributed by atoms with van der Waals surface area (Å²) in [5.41, 5.74) is 0.604. The van der Waals surface area contributed by atoms with Gasteiger partial charge in [0.2, 0.25) is 5.91 Å². The van der Waals surface area contributed by atoms with Crippen LogP contribution in [0, 0.1) is 5.92 Å². The molecule has 2 rings (SSSR count). The highest BCUT2D eigenvalue weighted by atomic mass is 32.2. The molecule has 1 amide bonds. The van der Waals surface area contributed by atoms with Crippen LogP contribution < -0.4 is 10.1 Å². The molecule has 128 valence electrons. The van der Waals surface area contributed by atoms with Crippen LogP contribution in [0.2, 0.25) is 0 Å². The summed E-state index contributed by atoms with van der Waals surface area (Å²) in [6, 6.07) is 7.74. The lowest BCUT2D eigenvalue weighted by Crippen LogP contribution is -2.45. The summed E-state index contributed by atoms with van der Waals surface area (Å²) in [4.78, 5) is 12.2. The average Bonchev–Trinajstić information content (AvgIpc) is 2.77. The first-order chi connectivity index (χ1) is 10.7. The lowest BCUT2D eigenvalue weighted by molar-refractivity contribution is -0.123. The van der Waals surface area contributed by atoms with Gasteiger partial charge in [-0.25, -0.2) is 8.42 Å². The lowest BCUT2D eigenvalue weighted by Gasteiger charge is -2.27. The predicted octanol–water partition coefficient (Wildman–Crippen LogP) is 1.96. The minimum Gasteiger partial charge on any atom is -0.496 e. The molecule has 1 aliphatic heterocycles. The molecule has 0 unspecified atom stereocenters. The number of methoxy groups -OCH3 is 1. The van der Waals surface area contributed by atoms with Crippen molar-refractivity contribution in [3.05, 3.63) is 29.8 Å². The fourth-order valence-corrected chi connectivity index (χ4v) is 4.95. The van der Waals surface area contributed by atoms with E-state index in [-0.39, 0.29) is 29.8 Å². The fourth-order valence-electron chi connectivity index (χ4n) is 3.09. The zero-order chi connectivity index (χ0) is 17.1. The molecule has 6 heteroatoms. The lowest BCUT2D eigenvalue weighted by atomic mass is 9.93. The van der Waals surface area contributed by atoms with Crippen LogP contribution >= 0.6 is 0 Å². The summed E-state index contributed by atoms with van der Waals surface area (Å²) in [6.45, 7) is 3.92. The molecule has 1 aliphatic rings. The van der Waals surface area contributed by atoms with Gasteiger partial charge >= 0.3 is 0 Å². The zero-order valence-corrected chi connectivity index (χ0v) is 14.8. The van der Waals surface area contributed by atoms with Gasteiger partial charge in [-0.2, -0.15) is 0 Å². The van der Waals surface area contributed by atoms with Crippen molar-refractivity contribution in [3.63, 3.8) is 0 Å². The first-order valence-corrected chi connectivity index (χ1v) is 9.66. The van der Waals surface area contributed by atoms with E-state index in [9.17, 15) is 13.2 Å². The van der Waals surface area contributed by atoms with Crippen LogP contribution in [0.1, 0.15) is 32.3 Å². The Morgan fingerprint density at radius 1 is 1.35 bits per heavy atom. The Kier molecular flexibility index (Phi) is 5.34. The highest BCUT2D eigenvalue weighted by Gasteiger charge is 2.31. The highest BCUT2D eigenvalue weighted by molar-refractivity contribution is 7.91. The van der Waals surface area contributed by atoms with Gasteiger partial charge in [0.25, 0.3) is 0 Å². The molecule has 1 aromatic carbocycles. The summed E-state index contributed by atoms with van der Waals surface area (Å²) < 4.78 is 28.3. The van der Waals surface area contributed by atoms with Crippen molar-refractivity contribution in [2.24, 2.45) is 5.92 Å². The topological polar surface area (TPSA) is 72.5 Å². The van der Waals surface area contributed by atoms with Crippen LogP contribution in [0.25, 0.3) is 0 Å². The summed E-state index contributed by atoms with van der Waals surface area (Å²) >= 11 is 0. The monoisotopic (exact) mass is 339 g/mol. The maximum atomic E-state index is 12.2. The molecular formula is C17H25NO4S. The van der Waals surface area contributed by atoms with Crippen molar-refractivity contribution >= 4 is 15.7 Å². The van der Waals surface area contributed by atoms with E-state index in [1.54, 1.807) is 7.11 Å². The maximum absolute atomic E-state index is 12.2. The molecule has 1 fully saturated rings. The van der Waals surface area contributed by atoms with Crippen LogP contribution in [0.5, 0.6) is 5.75 Å². The van der Waals surface area contributed by atoms with Crippen LogP contribution in [-0.2, 0) is 21.1 Å². The van der Waals surface area contributed by atoms with Gasteiger partial charge in [-0.3, -0.25) is 4.79 Å². The second-order valence-corrected chi connectivity index (χ2v) is 9.12. The number of carbonyl (C=O) groups is 1. The van der Waals surface area contributed by atoms with E-state index in [0.29, 0.717) is 12.8 Å². The van der Waals surface area contributed by atoms with Crippen LogP contribution in [-0.4, -0.2) is 38.5 Å². The number of nitrogens with one attached hydrogen (secondary N) is 1. The van der Waals surface area contributed by atoms with Gasteiger partial charge in [0, 0.05) is 12.0 Å². The number of sulfone groups is 1. The van der Waals surface area contributed by atoms with Gasteiger partial charge in [0.15, 0.2) is 9.84 Å². The van der Waals surface area contributed by atoms with E-state index in [2.05, 4.69) is 5.32 Å². The third-order valence-electron chi connectivity index (χ3n) is 4.10. The Hall–Kier alpha value is -1.56. The molecule has 0 radical (unpaired) electrons. The quantitative estimate of drug-likeness (QED) is 0.860. The Balaban J connectivity index is 1.94. The van der Waals surface area contributed by atoms with Crippen molar-refractivity contribution in [2.45, 2.75) is 38.6 Å². The maximum Gasteiger partial charge on any atom is 0.220 e. The van der Waals surface area contributed by atoms with E-state index < -0.39 is 15.4 Å². The van der Waals surface area contributed by atoms with Crippen molar-refractivity contribution < 1.29 is 17.9 Å². The first-order valence-electron chi connectivity index (χ1n) is 7.84. The number of hydrogen-bond donors (Lipinski definition) is 1. The smallest absolute Gasteiger partial charge is 0.220 e. The average molecular weight is 339 g/mol. The SMILES string of the molecule is COc1ccccc1CC(C)(C)NC(=O)C[C@H]1CCS(=O)(=O)C1. The predicted molar refractivity (Wildman–Crippen MR) is 90.3 cm³/mol. The third-order valence-corrected chi connectivity index (χ3v) is 5.94. The molecule has 0 saturated carbocycles. The molecule has 0 spiro atoms. The van der Waals surface area contributed by atoms with E-state index in [0.717, 1.165) is 11.3 Å². The fraction of sp³-hybridized carbons (Fsp3) is 0.588. The first kappa shape index (κ1) is 17.8. The Labute approximate surface area is 138 Å². The second kappa shape index (κ2) is 6.91. The molecule has 1 heterocycles. The molecule has 1 saturated heterocycles. The largest absolute Gasteiger partial charge is 0.496 e. The third kappa shape index (κ3) is 5.23. The summed E-state index contributed by atoms with van der Waals surface area (Å²) in [6.07, 6.45) is 1.50. The van der Waals surface area contributed by atoms with Gasteiger partial charge in [0.05, 0.1) is 18.6 Å². The molecule has 1 aromatic rings. The van der Waals surface area contributed by atoms with Crippen molar-refractivity contribution in [3.8, 4) is 5.75 Å². The van der Waals surface area contributed by atoms with E-state index >= 15 is 0 Å². The number of hydrogen-bond acceptors (Lipinski definition) is 4. The zero-order valence-electron chi connectivity index (χ0n) is 14.0. The van der Waals surface area contributed by atoms with Crippen molar-refractivity contribution in [1.29, 1.82) is 0 Å². The number of ether oxygens (including phenoxy) is 1. The van der Waals surface area contributed by atoms with Crippen LogP contribution in [0.3, 0.4) is 0 Å². The van der Waals surface area contributed by atoms with Gasteiger partial charge in [-0.15, -0.1) is 0 Å². The van der Waals surface area contributed by atoms with Gasteiger partial charge in [-0.1, -0.05) is 18.2 Å². The second-order valence-electron chi connectivity index (χ2n) is 6.89. The number of carbonyl (C=O) groups excluding carboxylic acids is 1. The molecule has 5 nitrogen and oxygen atoms in total. The molecule has 1 N–H and O–H groups in total. The van der Waals surface area contributed by atoms with E-state index in [4.69, 9.17) is 4.74 Å². The Morgan fingerprint density at radius 2 is 2.04 bits per heavy atom. The summed E-state index contributed by atoms with van der Waals surface area (Å²) in [5.74, 6) is 0.994. The number of rotatable bonds is 6. The standard InChI is InChI=1S/C17H25NO4S/c1-17(2,11-14-6-4-5-7-15(14)22-3)18-16(19)10-13-8-9-23(20,21)12-13/h4-7,13H,8-12H2,1-3H3,(H,18,19)/t13-/m1/s1. The van der Waals surface area contributed by atoms with Gasteiger partial charge in [0.1, 0.15) is 5.75 Å². The molecule has 0 bridgehead atoms. The highest BCUT2D eigenvalue weighted by Crippen LogP contribution is 2.24. The molecule has 23 heavy (non-hydrogen) atoms. The number of benzene rings is 1. The molecule has 1 atom stereocenters. The minimum absolute atomic E-state index is 0.0536. The number of para-hydroxylation sites is 1. The molecule has 0 aromatic heterocycles. The van der Waals surface area contributed by atoms with Crippen LogP contribution in [0.15, 0.2) is 24.3 Å². The normalized spacial score (nSPS) is 20.2. The minimum atomic E-state index is -2.94. The molecular weight excluding hydrogens is 314 g/mol. The van der Waals surface area contributed by atoms with Crippen molar-refractivity contribution in [2.75, 3.05) is 18.6 Å². The van der Waals surface area contributed by atoms with Gasteiger partial charge in [-0.05, 0) is 44.2 Å². The Bertz CT molecular complexity index is 667.